The van der Waals surface area contributed by atoms with Crippen molar-refractivity contribution in [3.05, 3.63) is 78.1 Å². The average molecular weight is 418 g/mol. The van der Waals surface area contributed by atoms with Gasteiger partial charge >= 0.3 is 0 Å². The number of amides is 1. The summed E-state index contributed by atoms with van der Waals surface area (Å²) in [6.07, 6.45) is 3.51. The number of methoxy groups -OCH3 is 1. The molecule has 2 heterocycles. The molecule has 1 aromatic heterocycles. The molecule has 0 saturated carbocycles. The number of nitrogens with one attached hydrogen (secondary N) is 1. The number of aryl methyl sites for hydroxylation is 1. The van der Waals surface area contributed by atoms with E-state index in [1.54, 1.807) is 19.5 Å². The zero-order valence-electron chi connectivity index (χ0n) is 17.9. The van der Waals surface area contributed by atoms with Crippen LogP contribution in [0.4, 0.5) is 11.6 Å². The maximum absolute atomic E-state index is 13.5. The third-order valence-corrected chi connectivity index (χ3v) is 5.49. The Balaban J connectivity index is 1.55. The van der Waals surface area contributed by atoms with Gasteiger partial charge in [0.15, 0.2) is 0 Å². The van der Waals surface area contributed by atoms with Crippen molar-refractivity contribution >= 4 is 17.5 Å². The highest BCUT2D eigenvalue weighted by Gasteiger charge is 2.31. The van der Waals surface area contributed by atoms with Crippen LogP contribution in [0.3, 0.4) is 0 Å². The fraction of sp³-hybridized carbons (Fsp3) is 0.292. The Bertz CT molecular complexity index is 1000. The van der Waals surface area contributed by atoms with Gasteiger partial charge in [-0.2, -0.15) is 0 Å². The molecule has 0 aliphatic carbocycles. The molecule has 0 unspecified atom stereocenters. The zero-order chi connectivity index (χ0) is 21.6. The first-order valence-corrected chi connectivity index (χ1v) is 10.4. The lowest BCUT2D eigenvalue weighted by Crippen LogP contribution is -2.50. The van der Waals surface area contributed by atoms with Crippen molar-refractivity contribution in [2.24, 2.45) is 0 Å². The second kappa shape index (κ2) is 9.57. The third kappa shape index (κ3) is 4.83. The molecule has 1 aliphatic heterocycles. The predicted octanol–water partition coefficient (Wildman–Crippen LogP) is 3.30. The lowest BCUT2D eigenvalue weighted by atomic mass is 10.0. The molecule has 1 atom stereocenters. The summed E-state index contributed by atoms with van der Waals surface area (Å²) in [6.45, 7) is 4.98. The lowest BCUT2D eigenvalue weighted by molar-refractivity contribution is -0.121. The van der Waals surface area contributed by atoms with Gasteiger partial charge in [-0.1, -0.05) is 36.4 Å². The standard InChI is InChI=1S/C24H27N5O2/c1-18-9-10-21(31-2)20(17-18)27-23(30)22(19-7-4-3-5-8-19)28-13-15-29(16-14-28)24-25-11-6-12-26-24/h3-12,17,22H,13-16H2,1-2H3,(H,27,30)/t22-/m1/s1. The van der Waals surface area contributed by atoms with Gasteiger partial charge in [0, 0.05) is 38.6 Å². The topological polar surface area (TPSA) is 70.6 Å². The largest absolute Gasteiger partial charge is 0.495 e. The summed E-state index contributed by atoms with van der Waals surface area (Å²) in [5.74, 6) is 1.31. The number of ether oxygens (including phenoxy) is 1. The van der Waals surface area contributed by atoms with E-state index < -0.39 is 6.04 Å². The van der Waals surface area contributed by atoms with E-state index >= 15 is 0 Å². The lowest BCUT2D eigenvalue weighted by Gasteiger charge is -2.38. The molecular formula is C24H27N5O2. The van der Waals surface area contributed by atoms with Gasteiger partial charge in [0.25, 0.3) is 0 Å². The maximum atomic E-state index is 13.5. The summed E-state index contributed by atoms with van der Waals surface area (Å²) < 4.78 is 5.45. The third-order valence-electron chi connectivity index (χ3n) is 5.49. The van der Waals surface area contributed by atoms with E-state index in [1.165, 1.54) is 0 Å². The van der Waals surface area contributed by atoms with Gasteiger partial charge in [0.2, 0.25) is 11.9 Å². The minimum Gasteiger partial charge on any atom is -0.495 e. The predicted molar refractivity (Wildman–Crippen MR) is 121 cm³/mol. The van der Waals surface area contributed by atoms with Crippen molar-refractivity contribution in [3.63, 3.8) is 0 Å². The van der Waals surface area contributed by atoms with Crippen LogP contribution in [0.1, 0.15) is 17.2 Å². The molecule has 0 bridgehead atoms. The van der Waals surface area contributed by atoms with Crippen molar-refractivity contribution in [2.75, 3.05) is 43.5 Å². The first-order chi connectivity index (χ1) is 15.2. The molecule has 0 radical (unpaired) electrons. The SMILES string of the molecule is COc1ccc(C)cc1NC(=O)[C@@H](c1ccccc1)N1CCN(c2ncccn2)CC1. The molecule has 3 aromatic rings. The molecule has 1 saturated heterocycles. The van der Waals surface area contributed by atoms with Crippen LogP contribution >= 0.6 is 0 Å². The molecule has 31 heavy (non-hydrogen) atoms. The maximum Gasteiger partial charge on any atom is 0.246 e. The first kappa shape index (κ1) is 20.8. The second-order valence-electron chi connectivity index (χ2n) is 7.58. The second-order valence-corrected chi connectivity index (χ2v) is 7.58. The molecule has 160 valence electrons. The molecular weight excluding hydrogens is 390 g/mol. The smallest absolute Gasteiger partial charge is 0.246 e. The molecule has 1 amide bonds. The van der Waals surface area contributed by atoms with E-state index in [2.05, 4.69) is 25.1 Å². The summed E-state index contributed by atoms with van der Waals surface area (Å²) in [4.78, 5) is 26.6. The van der Waals surface area contributed by atoms with Crippen molar-refractivity contribution in [1.29, 1.82) is 0 Å². The highest BCUT2D eigenvalue weighted by molar-refractivity contribution is 5.96. The number of nitrogens with zero attached hydrogens (tertiary/aromatic N) is 4. The number of carbonyl (C=O) groups is 1. The summed E-state index contributed by atoms with van der Waals surface area (Å²) in [7, 11) is 1.61. The number of piperazine rings is 1. The van der Waals surface area contributed by atoms with Gasteiger partial charge in [-0.3, -0.25) is 9.69 Å². The molecule has 7 nitrogen and oxygen atoms in total. The summed E-state index contributed by atoms with van der Waals surface area (Å²) in [5.41, 5.74) is 2.71. The Kier molecular flexibility index (Phi) is 6.43. The monoisotopic (exact) mass is 417 g/mol. The van der Waals surface area contributed by atoms with E-state index in [4.69, 9.17) is 4.74 Å². The van der Waals surface area contributed by atoms with Crippen LogP contribution in [0.15, 0.2) is 67.0 Å². The van der Waals surface area contributed by atoms with Crippen LogP contribution in [0.2, 0.25) is 0 Å². The number of hydrogen-bond acceptors (Lipinski definition) is 6. The van der Waals surface area contributed by atoms with Crippen LogP contribution < -0.4 is 15.0 Å². The Morgan fingerprint density at radius 1 is 1.00 bits per heavy atom. The van der Waals surface area contributed by atoms with Crippen LogP contribution in [0.5, 0.6) is 5.75 Å². The minimum absolute atomic E-state index is 0.0699. The Morgan fingerprint density at radius 3 is 2.39 bits per heavy atom. The number of rotatable bonds is 6. The Labute approximate surface area is 182 Å². The Morgan fingerprint density at radius 2 is 1.71 bits per heavy atom. The van der Waals surface area contributed by atoms with E-state index in [1.807, 2.05) is 61.5 Å². The quantitative estimate of drug-likeness (QED) is 0.664. The molecule has 7 heteroatoms. The summed E-state index contributed by atoms with van der Waals surface area (Å²) >= 11 is 0. The highest BCUT2D eigenvalue weighted by atomic mass is 16.5. The molecule has 0 spiro atoms. The molecule has 2 aromatic carbocycles. The van der Waals surface area contributed by atoms with Crippen molar-refractivity contribution in [1.82, 2.24) is 14.9 Å². The van der Waals surface area contributed by atoms with Gasteiger partial charge in [-0.15, -0.1) is 0 Å². The number of aromatic nitrogens is 2. The van der Waals surface area contributed by atoms with Gasteiger partial charge in [0.1, 0.15) is 11.8 Å². The number of benzene rings is 2. The number of hydrogen-bond donors (Lipinski definition) is 1. The van der Waals surface area contributed by atoms with Crippen molar-refractivity contribution in [3.8, 4) is 5.75 Å². The van der Waals surface area contributed by atoms with E-state index in [-0.39, 0.29) is 5.91 Å². The van der Waals surface area contributed by atoms with Gasteiger partial charge in [-0.25, -0.2) is 9.97 Å². The highest BCUT2D eigenvalue weighted by Crippen LogP contribution is 2.29. The van der Waals surface area contributed by atoms with Crippen LogP contribution in [-0.2, 0) is 4.79 Å². The normalized spacial score (nSPS) is 15.4. The average Bonchev–Trinajstić information content (AvgIpc) is 2.81. The fourth-order valence-corrected chi connectivity index (χ4v) is 3.92. The summed E-state index contributed by atoms with van der Waals surface area (Å²) in [6, 6.07) is 17.1. The zero-order valence-corrected chi connectivity index (χ0v) is 17.9. The minimum atomic E-state index is -0.398. The Hall–Kier alpha value is -3.45. The van der Waals surface area contributed by atoms with Crippen molar-refractivity contribution in [2.45, 2.75) is 13.0 Å². The van der Waals surface area contributed by atoms with Crippen LogP contribution in [0, 0.1) is 6.92 Å². The van der Waals surface area contributed by atoms with Gasteiger partial charge in [-0.05, 0) is 36.2 Å². The fourth-order valence-electron chi connectivity index (χ4n) is 3.92. The van der Waals surface area contributed by atoms with E-state index in [0.717, 1.165) is 43.3 Å². The molecule has 1 aliphatic rings. The van der Waals surface area contributed by atoms with Crippen LogP contribution in [-0.4, -0.2) is 54.1 Å². The molecule has 4 rings (SSSR count). The van der Waals surface area contributed by atoms with E-state index in [9.17, 15) is 4.79 Å². The number of carbonyl (C=O) groups excluding carboxylic acids is 1. The number of anilines is 2. The van der Waals surface area contributed by atoms with Gasteiger partial charge in [0.05, 0.1) is 12.8 Å². The van der Waals surface area contributed by atoms with E-state index in [0.29, 0.717) is 11.4 Å². The van der Waals surface area contributed by atoms with Gasteiger partial charge < -0.3 is 15.0 Å². The summed E-state index contributed by atoms with van der Waals surface area (Å²) in [5, 5.41) is 3.10. The van der Waals surface area contributed by atoms with Crippen LogP contribution in [0.25, 0.3) is 0 Å². The first-order valence-electron chi connectivity index (χ1n) is 10.4. The molecule has 1 fully saturated rings. The van der Waals surface area contributed by atoms with Crippen molar-refractivity contribution < 1.29 is 9.53 Å². The molecule has 1 N–H and O–H groups in total.